The van der Waals surface area contributed by atoms with Crippen molar-refractivity contribution in [1.82, 2.24) is 4.90 Å². The number of benzene rings is 3. The summed E-state index contributed by atoms with van der Waals surface area (Å²) in [7, 11) is 0. The molecule has 0 spiro atoms. The minimum absolute atomic E-state index is 0.0228. The van der Waals surface area contributed by atoms with E-state index in [-0.39, 0.29) is 36.5 Å². The second kappa shape index (κ2) is 6.82. The molecule has 2 aliphatic rings. The van der Waals surface area contributed by atoms with E-state index in [9.17, 15) is 14.4 Å². The lowest BCUT2D eigenvalue weighted by Gasteiger charge is -2.30. The van der Waals surface area contributed by atoms with Crippen LogP contribution in [0.15, 0.2) is 78.9 Å². The molecule has 4 nitrogen and oxygen atoms in total. The molecule has 1 atom stereocenters. The number of hydrogen-bond acceptors (Lipinski definition) is 3. The van der Waals surface area contributed by atoms with Crippen LogP contribution >= 0.6 is 0 Å². The fourth-order valence-corrected chi connectivity index (χ4v) is 4.60. The molecule has 5 rings (SSSR count). The molecule has 1 heterocycles. The quantitative estimate of drug-likeness (QED) is 0.646. The Bertz CT molecular complexity index is 1090. The van der Waals surface area contributed by atoms with Crippen LogP contribution in [0.2, 0.25) is 0 Å². The maximum absolute atomic E-state index is 13.3. The van der Waals surface area contributed by atoms with Crippen LogP contribution in [0.5, 0.6) is 0 Å². The zero-order chi connectivity index (χ0) is 20.0. The van der Waals surface area contributed by atoms with Crippen LogP contribution in [0.3, 0.4) is 0 Å². The highest BCUT2D eigenvalue weighted by Gasteiger charge is 2.46. The lowest BCUT2D eigenvalue weighted by molar-refractivity contribution is -0.140. The van der Waals surface area contributed by atoms with Gasteiger partial charge in [0.1, 0.15) is 0 Å². The van der Waals surface area contributed by atoms with Crippen LogP contribution in [-0.4, -0.2) is 22.5 Å². The second-order valence-corrected chi connectivity index (χ2v) is 7.60. The van der Waals surface area contributed by atoms with Crippen molar-refractivity contribution < 1.29 is 14.4 Å². The summed E-state index contributed by atoms with van der Waals surface area (Å²) in [6.45, 7) is 0.282. The normalized spacial score (nSPS) is 18.7. The SMILES string of the molecule is O=C1c2ccccc2C([C@@H]2CC(=O)N(Cc3ccccc3)C2=O)c2ccccc21. The molecular weight excluding hydrogens is 362 g/mol. The predicted molar refractivity (Wildman–Crippen MR) is 108 cm³/mol. The van der Waals surface area contributed by atoms with Gasteiger partial charge >= 0.3 is 0 Å². The van der Waals surface area contributed by atoms with E-state index in [0.717, 1.165) is 16.7 Å². The molecule has 29 heavy (non-hydrogen) atoms. The van der Waals surface area contributed by atoms with Crippen molar-refractivity contribution in [3.63, 3.8) is 0 Å². The number of carbonyl (C=O) groups excluding carboxylic acids is 3. The lowest BCUT2D eigenvalue weighted by Crippen LogP contribution is -2.33. The first-order valence-electron chi connectivity index (χ1n) is 9.76. The van der Waals surface area contributed by atoms with E-state index in [1.54, 1.807) is 0 Å². The highest BCUT2D eigenvalue weighted by molar-refractivity contribution is 6.13. The Balaban J connectivity index is 1.56. The molecule has 0 unspecified atom stereocenters. The smallest absolute Gasteiger partial charge is 0.234 e. The van der Waals surface area contributed by atoms with Gasteiger partial charge in [0, 0.05) is 23.5 Å². The third-order valence-electron chi connectivity index (χ3n) is 5.95. The maximum Gasteiger partial charge on any atom is 0.234 e. The second-order valence-electron chi connectivity index (χ2n) is 7.60. The summed E-state index contributed by atoms with van der Waals surface area (Å²) in [6, 6.07) is 24.4. The molecule has 142 valence electrons. The Labute approximate surface area is 168 Å². The van der Waals surface area contributed by atoms with Crippen LogP contribution in [-0.2, 0) is 16.1 Å². The molecular formula is C25H19NO3. The van der Waals surface area contributed by atoms with Gasteiger partial charge in [-0.05, 0) is 16.7 Å². The number of ketones is 1. The number of likely N-dealkylation sites (tertiary alicyclic amines) is 1. The summed E-state index contributed by atoms with van der Waals surface area (Å²) in [4.78, 5) is 40.4. The molecule has 3 aromatic carbocycles. The van der Waals surface area contributed by atoms with Crippen molar-refractivity contribution in [1.29, 1.82) is 0 Å². The zero-order valence-electron chi connectivity index (χ0n) is 15.7. The first-order valence-corrected chi connectivity index (χ1v) is 9.76. The van der Waals surface area contributed by atoms with E-state index in [1.807, 2.05) is 78.9 Å². The summed E-state index contributed by atoms with van der Waals surface area (Å²) < 4.78 is 0. The van der Waals surface area contributed by atoms with Gasteiger partial charge in [0.05, 0.1) is 12.5 Å². The molecule has 0 aromatic heterocycles. The Morgan fingerprint density at radius 2 is 1.28 bits per heavy atom. The molecule has 0 radical (unpaired) electrons. The van der Waals surface area contributed by atoms with Crippen molar-refractivity contribution in [2.24, 2.45) is 5.92 Å². The van der Waals surface area contributed by atoms with Gasteiger partial charge in [-0.15, -0.1) is 0 Å². The number of nitrogens with zero attached hydrogens (tertiary/aromatic N) is 1. The number of amides is 2. The molecule has 0 N–H and O–H groups in total. The highest BCUT2D eigenvalue weighted by Crippen LogP contribution is 2.45. The van der Waals surface area contributed by atoms with E-state index in [2.05, 4.69) is 0 Å². The van der Waals surface area contributed by atoms with Crippen LogP contribution in [0, 0.1) is 5.92 Å². The van der Waals surface area contributed by atoms with Gasteiger partial charge in [0.2, 0.25) is 11.8 Å². The van der Waals surface area contributed by atoms with Crippen LogP contribution in [0.1, 0.15) is 45.0 Å². The van der Waals surface area contributed by atoms with E-state index in [1.165, 1.54) is 4.90 Å². The van der Waals surface area contributed by atoms with E-state index >= 15 is 0 Å². The molecule has 0 saturated carbocycles. The highest BCUT2D eigenvalue weighted by atomic mass is 16.2. The van der Waals surface area contributed by atoms with Gasteiger partial charge in [-0.1, -0.05) is 78.9 Å². The predicted octanol–water partition coefficient (Wildman–Crippen LogP) is 3.94. The zero-order valence-corrected chi connectivity index (χ0v) is 15.7. The Hall–Kier alpha value is -3.53. The Morgan fingerprint density at radius 3 is 1.90 bits per heavy atom. The van der Waals surface area contributed by atoms with Crippen molar-refractivity contribution in [3.05, 3.63) is 107 Å². The Morgan fingerprint density at radius 1 is 0.724 bits per heavy atom. The molecule has 2 amide bonds. The number of hydrogen-bond donors (Lipinski definition) is 0. The van der Waals surface area contributed by atoms with E-state index < -0.39 is 5.92 Å². The largest absolute Gasteiger partial charge is 0.289 e. The van der Waals surface area contributed by atoms with Gasteiger partial charge in [0.15, 0.2) is 5.78 Å². The summed E-state index contributed by atoms with van der Waals surface area (Å²) in [6.07, 6.45) is 0.160. The summed E-state index contributed by atoms with van der Waals surface area (Å²) in [5, 5.41) is 0. The Kier molecular flexibility index (Phi) is 4.13. The molecule has 1 saturated heterocycles. The maximum atomic E-state index is 13.3. The molecule has 1 fully saturated rings. The van der Waals surface area contributed by atoms with Gasteiger partial charge in [0.25, 0.3) is 0 Å². The van der Waals surface area contributed by atoms with Crippen LogP contribution < -0.4 is 0 Å². The third-order valence-corrected chi connectivity index (χ3v) is 5.95. The van der Waals surface area contributed by atoms with E-state index in [0.29, 0.717) is 11.1 Å². The number of rotatable bonds is 3. The van der Waals surface area contributed by atoms with E-state index in [4.69, 9.17) is 0 Å². The fraction of sp³-hybridized carbons (Fsp3) is 0.160. The first-order chi connectivity index (χ1) is 14.1. The molecule has 0 bridgehead atoms. The first kappa shape index (κ1) is 17.6. The van der Waals surface area contributed by atoms with Crippen LogP contribution in [0.25, 0.3) is 0 Å². The minimum Gasteiger partial charge on any atom is -0.289 e. The summed E-state index contributed by atoms with van der Waals surface area (Å²) in [5.74, 6) is -1.14. The number of carbonyl (C=O) groups is 3. The van der Waals surface area contributed by atoms with Crippen molar-refractivity contribution >= 4 is 17.6 Å². The topological polar surface area (TPSA) is 54.5 Å². The minimum atomic E-state index is -0.499. The molecule has 1 aliphatic heterocycles. The van der Waals surface area contributed by atoms with Crippen molar-refractivity contribution in [2.45, 2.75) is 18.9 Å². The summed E-state index contributed by atoms with van der Waals surface area (Å²) in [5.41, 5.74) is 3.85. The molecule has 1 aliphatic carbocycles. The fourth-order valence-electron chi connectivity index (χ4n) is 4.60. The monoisotopic (exact) mass is 381 g/mol. The molecule has 4 heteroatoms. The third kappa shape index (κ3) is 2.80. The average Bonchev–Trinajstić information content (AvgIpc) is 3.03. The van der Waals surface area contributed by atoms with Gasteiger partial charge in [-0.25, -0.2) is 0 Å². The van der Waals surface area contributed by atoms with Gasteiger partial charge in [-0.3, -0.25) is 19.3 Å². The lowest BCUT2D eigenvalue weighted by atomic mass is 9.71. The van der Waals surface area contributed by atoms with Crippen molar-refractivity contribution in [2.75, 3.05) is 0 Å². The average molecular weight is 381 g/mol. The van der Waals surface area contributed by atoms with Crippen LogP contribution in [0.4, 0.5) is 0 Å². The number of fused-ring (bicyclic) bond motifs is 2. The standard InChI is InChI=1S/C25H19NO3/c27-22-14-21(25(29)26(22)15-16-8-2-1-3-9-16)23-17-10-4-6-12-19(17)24(28)20-13-7-5-11-18(20)23/h1-13,21,23H,14-15H2/t21-/m0/s1. The molecule has 3 aromatic rings. The number of imide groups is 1. The summed E-state index contributed by atoms with van der Waals surface area (Å²) >= 11 is 0. The van der Waals surface area contributed by atoms with Crippen molar-refractivity contribution in [3.8, 4) is 0 Å². The van der Waals surface area contributed by atoms with Gasteiger partial charge in [-0.2, -0.15) is 0 Å². The van der Waals surface area contributed by atoms with Gasteiger partial charge < -0.3 is 0 Å².